The van der Waals surface area contributed by atoms with Gasteiger partial charge in [0.05, 0.1) is 11.0 Å². The third kappa shape index (κ3) is 3.00. The molecule has 0 aliphatic heterocycles. The van der Waals surface area contributed by atoms with Crippen LogP contribution in [0.1, 0.15) is 44.9 Å². The molecule has 3 rings (SSSR count). The molecule has 1 heterocycles. The first kappa shape index (κ1) is 12.3. The molecule has 2 aromatic rings. The van der Waals surface area contributed by atoms with Crippen molar-refractivity contribution in [1.29, 1.82) is 0 Å². The minimum atomic E-state index is 0.554. The Morgan fingerprint density at radius 1 is 1.11 bits per heavy atom. The molecule has 19 heavy (non-hydrogen) atoms. The number of imidazole rings is 1. The number of H-pyrrole nitrogens is 1. The number of hydrogen-bond donors (Lipinski definition) is 3. The van der Waals surface area contributed by atoms with Crippen molar-refractivity contribution in [2.75, 3.05) is 11.1 Å². The number of hydrogen-bond acceptors (Lipinski definition) is 3. The fraction of sp³-hybridized carbons (Fsp3) is 0.533. The molecule has 0 bridgehead atoms. The quantitative estimate of drug-likeness (QED) is 0.720. The van der Waals surface area contributed by atoms with Gasteiger partial charge in [0.25, 0.3) is 0 Å². The molecule has 4 N–H and O–H groups in total. The van der Waals surface area contributed by atoms with Crippen LogP contribution in [0.5, 0.6) is 0 Å². The predicted octanol–water partition coefficient (Wildman–Crippen LogP) is 3.67. The molecular formula is C15H22N4. The average Bonchev–Trinajstić information content (AvgIpc) is 2.74. The number of nitrogens with zero attached hydrogens (tertiary/aromatic N) is 1. The Bertz CT molecular complexity index is 538. The lowest BCUT2D eigenvalue weighted by atomic mass is 9.97. The molecule has 0 amide bonds. The smallest absolute Gasteiger partial charge is 0.201 e. The predicted molar refractivity (Wildman–Crippen MR) is 80.2 cm³/mol. The van der Waals surface area contributed by atoms with Crippen LogP contribution in [0.4, 0.5) is 11.6 Å². The second-order valence-corrected chi connectivity index (χ2v) is 5.55. The van der Waals surface area contributed by atoms with Crippen LogP contribution in [-0.4, -0.2) is 16.0 Å². The third-order valence-corrected chi connectivity index (χ3v) is 3.95. The van der Waals surface area contributed by atoms with Crippen molar-refractivity contribution in [3.63, 3.8) is 0 Å². The summed E-state index contributed by atoms with van der Waals surface area (Å²) >= 11 is 0. The van der Waals surface area contributed by atoms with Gasteiger partial charge in [0.1, 0.15) is 0 Å². The molecule has 1 saturated carbocycles. The van der Waals surface area contributed by atoms with E-state index in [1.54, 1.807) is 0 Å². The molecule has 1 fully saturated rings. The maximum absolute atomic E-state index is 5.79. The van der Waals surface area contributed by atoms with Crippen LogP contribution in [0.15, 0.2) is 18.2 Å². The summed E-state index contributed by atoms with van der Waals surface area (Å²) in [5, 5.41) is 3.55. The van der Waals surface area contributed by atoms with Crippen LogP contribution in [0.3, 0.4) is 0 Å². The molecule has 0 atom stereocenters. The molecule has 4 heteroatoms. The van der Waals surface area contributed by atoms with Crippen molar-refractivity contribution < 1.29 is 0 Å². The van der Waals surface area contributed by atoms with E-state index >= 15 is 0 Å². The van der Waals surface area contributed by atoms with E-state index in [4.69, 9.17) is 5.73 Å². The summed E-state index contributed by atoms with van der Waals surface area (Å²) in [7, 11) is 0. The molecule has 1 aliphatic rings. The Morgan fingerprint density at radius 3 is 2.63 bits per heavy atom. The van der Waals surface area contributed by atoms with Gasteiger partial charge < -0.3 is 16.0 Å². The Kier molecular flexibility index (Phi) is 3.58. The molecule has 4 nitrogen and oxygen atoms in total. The molecule has 0 radical (unpaired) electrons. The van der Waals surface area contributed by atoms with E-state index in [0.717, 1.165) is 22.7 Å². The highest BCUT2D eigenvalue weighted by Gasteiger charge is 2.12. The molecule has 0 saturated heterocycles. The number of anilines is 2. The SMILES string of the molecule is Nc1ccc2nc(NC3CCCCCCC3)[nH]c2c1. The van der Waals surface area contributed by atoms with E-state index in [-0.39, 0.29) is 0 Å². The molecule has 1 aliphatic carbocycles. The van der Waals surface area contributed by atoms with Gasteiger partial charge in [-0.2, -0.15) is 0 Å². The zero-order chi connectivity index (χ0) is 13.1. The normalized spacial score (nSPS) is 18.1. The second kappa shape index (κ2) is 5.51. The lowest BCUT2D eigenvalue weighted by molar-refractivity contribution is 0.470. The van der Waals surface area contributed by atoms with Gasteiger partial charge in [-0.15, -0.1) is 0 Å². The van der Waals surface area contributed by atoms with E-state index in [9.17, 15) is 0 Å². The third-order valence-electron chi connectivity index (χ3n) is 3.95. The second-order valence-electron chi connectivity index (χ2n) is 5.55. The zero-order valence-electron chi connectivity index (χ0n) is 11.3. The number of aromatic amines is 1. The summed E-state index contributed by atoms with van der Waals surface area (Å²) in [6.45, 7) is 0. The van der Waals surface area contributed by atoms with E-state index < -0.39 is 0 Å². The first-order valence-corrected chi connectivity index (χ1v) is 7.33. The fourth-order valence-electron chi connectivity index (χ4n) is 2.89. The Hall–Kier alpha value is -1.71. The van der Waals surface area contributed by atoms with Crippen molar-refractivity contribution in [2.24, 2.45) is 0 Å². The van der Waals surface area contributed by atoms with Gasteiger partial charge in [-0.25, -0.2) is 4.98 Å². The first-order chi connectivity index (χ1) is 9.31. The summed E-state index contributed by atoms with van der Waals surface area (Å²) in [5.74, 6) is 0.881. The van der Waals surface area contributed by atoms with Gasteiger partial charge in [-0.05, 0) is 31.0 Å². The van der Waals surface area contributed by atoms with E-state index in [0.29, 0.717) is 6.04 Å². The van der Waals surface area contributed by atoms with E-state index in [1.807, 2.05) is 18.2 Å². The number of aromatic nitrogens is 2. The summed E-state index contributed by atoms with van der Waals surface area (Å²) in [4.78, 5) is 7.90. The van der Waals surface area contributed by atoms with Crippen molar-refractivity contribution in [3.8, 4) is 0 Å². The molecule has 0 spiro atoms. The number of nitrogen functional groups attached to an aromatic ring is 1. The van der Waals surface area contributed by atoms with Gasteiger partial charge in [0.15, 0.2) is 0 Å². The number of nitrogens with two attached hydrogens (primary N) is 1. The van der Waals surface area contributed by atoms with E-state index in [1.165, 1.54) is 44.9 Å². The van der Waals surface area contributed by atoms with Gasteiger partial charge in [0.2, 0.25) is 5.95 Å². The number of fused-ring (bicyclic) bond motifs is 1. The van der Waals surface area contributed by atoms with Gasteiger partial charge in [0, 0.05) is 11.7 Å². The molecular weight excluding hydrogens is 236 g/mol. The minimum Gasteiger partial charge on any atom is -0.399 e. The number of nitrogens with one attached hydrogen (secondary N) is 2. The monoisotopic (exact) mass is 258 g/mol. The number of benzene rings is 1. The van der Waals surface area contributed by atoms with Crippen molar-refractivity contribution in [1.82, 2.24) is 9.97 Å². The minimum absolute atomic E-state index is 0.554. The summed E-state index contributed by atoms with van der Waals surface area (Å²) < 4.78 is 0. The van der Waals surface area contributed by atoms with Crippen LogP contribution in [-0.2, 0) is 0 Å². The van der Waals surface area contributed by atoms with Crippen LogP contribution in [0, 0.1) is 0 Å². The lowest BCUT2D eigenvalue weighted by Crippen LogP contribution is -2.21. The Morgan fingerprint density at radius 2 is 1.84 bits per heavy atom. The topological polar surface area (TPSA) is 66.7 Å². The van der Waals surface area contributed by atoms with Crippen LogP contribution in [0.2, 0.25) is 0 Å². The van der Waals surface area contributed by atoms with Gasteiger partial charge >= 0.3 is 0 Å². The Labute approximate surface area is 113 Å². The van der Waals surface area contributed by atoms with Crippen LogP contribution < -0.4 is 11.1 Å². The van der Waals surface area contributed by atoms with Crippen LogP contribution in [0.25, 0.3) is 11.0 Å². The largest absolute Gasteiger partial charge is 0.399 e. The molecule has 0 unspecified atom stereocenters. The highest BCUT2D eigenvalue weighted by atomic mass is 15.1. The van der Waals surface area contributed by atoms with Gasteiger partial charge in [-0.1, -0.05) is 32.1 Å². The number of rotatable bonds is 2. The molecule has 1 aromatic heterocycles. The standard InChI is InChI=1S/C15H22N4/c16-11-8-9-13-14(10-11)19-15(18-13)17-12-6-4-2-1-3-5-7-12/h8-10,12H,1-7,16H2,(H2,17,18,19). The van der Waals surface area contributed by atoms with E-state index in [2.05, 4.69) is 15.3 Å². The zero-order valence-corrected chi connectivity index (χ0v) is 11.3. The molecule has 1 aromatic carbocycles. The maximum Gasteiger partial charge on any atom is 0.201 e. The van der Waals surface area contributed by atoms with Crippen molar-refractivity contribution in [3.05, 3.63) is 18.2 Å². The van der Waals surface area contributed by atoms with Crippen molar-refractivity contribution >= 4 is 22.7 Å². The average molecular weight is 258 g/mol. The Balaban J connectivity index is 1.72. The summed E-state index contributed by atoms with van der Waals surface area (Å²) in [6, 6.07) is 6.34. The highest BCUT2D eigenvalue weighted by molar-refractivity contribution is 5.80. The maximum atomic E-state index is 5.79. The fourth-order valence-corrected chi connectivity index (χ4v) is 2.89. The van der Waals surface area contributed by atoms with Gasteiger partial charge in [-0.3, -0.25) is 0 Å². The first-order valence-electron chi connectivity index (χ1n) is 7.33. The summed E-state index contributed by atoms with van der Waals surface area (Å²) in [6.07, 6.45) is 9.29. The lowest BCUT2D eigenvalue weighted by Gasteiger charge is -2.20. The highest BCUT2D eigenvalue weighted by Crippen LogP contribution is 2.22. The summed E-state index contributed by atoms with van der Waals surface area (Å²) in [5.41, 5.74) is 8.54. The van der Waals surface area contributed by atoms with Crippen LogP contribution >= 0.6 is 0 Å². The van der Waals surface area contributed by atoms with Crippen molar-refractivity contribution in [2.45, 2.75) is 51.0 Å². The molecule has 102 valence electrons.